The van der Waals surface area contributed by atoms with Crippen molar-refractivity contribution in [2.75, 3.05) is 11.5 Å². The highest BCUT2D eigenvalue weighted by Crippen LogP contribution is 2.33. The van der Waals surface area contributed by atoms with Crippen LogP contribution in [0.3, 0.4) is 0 Å². The van der Waals surface area contributed by atoms with Crippen molar-refractivity contribution in [3.05, 3.63) is 54.4 Å². The highest BCUT2D eigenvalue weighted by Gasteiger charge is 2.13. The maximum atomic E-state index is 6.02. The second-order valence-corrected chi connectivity index (χ2v) is 5.22. The van der Waals surface area contributed by atoms with E-state index >= 15 is 0 Å². The number of nitrogens with two attached hydrogens (primary N) is 3. The largest absolute Gasteiger partial charge is 0.399 e. The summed E-state index contributed by atoms with van der Waals surface area (Å²) in [6.07, 6.45) is 7.35. The molecule has 0 aliphatic heterocycles. The van der Waals surface area contributed by atoms with Gasteiger partial charge in [-0.05, 0) is 36.8 Å². The summed E-state index contributed by atoms with van der Waals surface area (Å²) in [5.74, 6) is 0.503. The Balaban J connectivity index is 2.30. The van der Waals surface area contributed by atoms with Gasteiger partial charge in [-0.1, -0.05) is 12.7 Å². The molecule has 0 radical (unpaired) electrons. The number of benzene rings is 1. The van der Waals surface area contributed by atoms with E-state index in [2.05, 4.69) is 21.5 Å². The number of H-pyrrole nitrogens is 1. The highest BCUT2D eigenvalue weighted by atomic mass is 15.0. The molecule has 2 aromatic heterocycles. The Morgan fingerprint density at radius 3 is 2.83 bits per heavy atom. The van der Waals surface area contributed by atoms with Gasteiger partial charge in [0.15, 0.2) is 0 Å². The van der Waals surface area contributed by atoms with Crippen molar-refractivity contribution in [1.82, 2.24) is 15.0 Å². The molecule has 116 valence electrons. The normalized spacial score (nSPS) is 12.5. The molecule has 3 rings (SSSR count). The van der Waals surface area contributed by atoms with Crippen LogP contribution in [0.25, 0.3) is 27.4 Å². The summed E-state index contributed by atoms with van der Waals surface area (Å²) < 4.78 is 0. The summed E-state index contributed by atoms with van der Waals surface area (Å²) in [7, 11) is 0. The van der Waals surface area contributed by atoms with Crippen molar-refractivity contribution in [3.8, 4) is 0 Å². The summed E-state index contributed by atoms with van der Waals surface area (Å²) in [6.45, 7) is 6.02. The minimum atomic E-state index is 0.144. The van der Waals surface area contributed by atoms with E-state index in [4.69, 9.17) is 17.2 Å². The molecule has 0 spiro atoms. The topological polar surface area (TPSA) is 120 Å². The Labute approximate surface area is 133 Å². The van der Waals surface area contributed by atoms with Crippen LogP contribution in [0.4, 0.5) is 11.8 Å². The van der Waals surface area contributed by atoms with Crippen LogP contribution < -0.4 is 17.2 Å². The van der Waals surface area contributed by atoms with Gasteiger partial charge in [-0.3, -0.25) is 0 Å². The molecule has 0 aliphatic rings. The van der Waals surface area contributed by atoms with Crippen molar-refractivity contribution in [1.29, 1.82) is 0 Å². The second-order valence-electron chi connectivity index (χ2n) is 5.22. The summed E-state index contributed by atoms with van der Waals surface area (Å²) in [5.41, 5.74) is 21.5. The van der Waals surface area contributed by atoms with Crippen LogP contribution in [0, 0.1) is 0 Å². The third-order valence-corrected chi connectivity index (χ3v) is 3.59. The van der Waals surface area contributed by atoms with Gasteiger partial charge in [0.2, 0.25) is 5.95 Å². The first-order valence-electron chi connectivity index (χ1n) is 7.13. The molecule has 0 bridgehead atoms. The van der Waals surface area contributed by atoms with Gasteiger partial charge in [-0.2, -0.15) is 4.98 Å². The van der Waals surface area contributed by atoms with E-state index in [1.807, 2.05) is 43.5 Å². The molecule has 2 heterocycles. The van der Waals surface area contributed by atoms with Crippen LogP contribution in [-0.4, -0.2) is 15.0 Å². The van der Waals surface area contributed by atoms with Gasteiger partial charge in [0, 0.05) is 22.8 Å². The van der Waals surface area contributed by atoms with E-state index < -0.39 is 0 Å². The van der Waals surface area contributed by atoms with Crippen molar-refractivity contribution >= 4 is 39.1 Å². The third-order valence-electron chi connectivity index (χ3n) is 3.59. The molecule has 0 atom stereocenters. The number of hydrogen-bond donors (Lipinski definition) is 4. The number of aromatic amines is 1. The second kappa shape index (κ2) is 5.49. The first-order chi connectivity index (χ1) is 11.0. The summed E-state index contributed by atoms with van der Waals surface area (Å²) in [5, 5.41) is 1.70. The predicted octanol–water partition coefficient (Wildman–Crippen LogP) is 2.71. The van der Waals surface area contributed by atoms with E-state index in [0.717, 1.165) is 27.4 Å². The van der Waals surface area contributed by atoms with Crippen molar-refractivity contribution in [2.24, 2.45) is 5.73 Å². The van der Waals surface area contributed by atoms with Crippen LogP contribution >= 0.6 is 0 Å². The average Bonchev–Trinajstić information content (AvgIpc) is 2.94. The van der Waals surface area contributed by atoms with Gasteiger partial charge in [0.05, 0.1) is 16.4 Å². The first-order valence-corrected chi connectivity index (χ1v) is 7.13. The lowest BCUT2D eigenvalue weighted by Gasteiger charge is -2.09. The fourth-order valence-electron chi connectivity index (χ4n) is 2.68. The van der Waals surface area contributed by atoms with Crippen LogP contribution in [0.2, 0.25) is 0 Å². The molecule has 0 unspecified atom stereocenters. The van der Waals surface area contributed by atoms with E-state index in [0.29, 0.717) is 17.0 Å². The summed E-state index contributed by atoms with van der Waals surface area (Å²) in [6, 6.07) is 3.83. The smallest absolute Gasteiger partial charge is 0.222 e. The van der Waals surface area contributed by atoms with Gasteiger partial charge < -0.3 is 22.2 Å². The number of nitrogens with zero attached hydrogens (tertiary/aromatic N) is 2. The highest BCUT2D eigenvalue weighted by molar-refractivity contribution is 6.14. The van der Waals surface area contributed by atoms with E-state index in [1.54, 1.807) is 0 Å². The third kappa shape index (κ3) is 2.50. The molecular weight excluding hydrogens is 288 g/mol. The Morgan fingerprint density at radius 2 is 2.09 bits per heavy atom. The lowest BCUT2D eigenvalue weighted by atomic mass is 10.00. The lowest BCUT2D eigenvalue weighted by Crippen LogP contribution is -2.01. The van der Waals surface area contributed by atoms with Crippen molar-refractivity contribution < 1.29 is 0 Å². The number of rotatable bonds is 3. The fourth-order valence-corrected chi connectivity index (χ4v) is 2.68. The predicted molar refractivity (Wildman–Crippen MR) is 96.3 cm³/mol. The quantitative estimate of drug-likeness (QED) is 0.555. The Morgan fingerprint density at radius 1 is 1.30 bits per heavy atom. The molecule has 6 heteroatoms. The number of fused-ring (bicyclic) bond motifs is 3. The van der Waals surface area contributed by atoms with Gasteiger partial charge in [-0.25, -0.2) is 4.98 Å². The summed E-state index contributed by atoms with van der Waals surface area (Å²) in [4.78, 5) is 11.6. The average molecular weight is 306 g/mol. The molecule has 6 nitrogen and oxygen atoms in total. The summed E-state index contributed by atoms with van der Waals surface area (Å²) >= 11 is 0. The van der Waals surface area contributed by atoms with Crippen LogP contribution in [-0.2, 0) is 0 Å². The van der Waals surface area contributed by atoms with Crippen LogP contribution in [0.15, 0.2) is 48.8 Å². The monoisotopic (exact) mass is 306 g/mol. The number of anilines is 2. The standard InChI is InChI=1S/C17H18N6/c1-3-4-10(18)7-9(2)12-8-13-14(11-5-6-21-15(11)12)16(19)23-17(20)22-13/h3-8,21H,2,18H2,1H3,(H4,19,20,22,23)/b4-3-,10-7+. The van der Waals surface area contributed by atoms with Crippen LogP contribution in [0.5, 0.6) is 0 Å². The molecule has 0 saturated carbocycles. The maximum absolute atomic E-state index is 6.02. The molecular formula is C17H18N6. The number of hydrogen-bond acceptors (Lipinski definition) is 5. The zero-order valence-corrected chi connectivity index (χ0v) is 12.8. The molecule has 0 amide bonds. The zero-order chi connectivity index (χ0) is 16.6. The molecule has 3 aromatic rings. The van der Waals surface area contributed by atoms with E-state index in [-0.39, 0.29) is 5.95 Å². The Bertz CT molecular complexity index is 978. The minimum Gasteiger partial charge on any atom is -0.399 e. The van der Waals surface area contributed by atoms with Gasteiger partial charge in [0.1, 0.15) is 5.82 Å². The first kappa shape index (κ1) is 14.6. The Hall–Kier alpha value is -3.28. The molecule has 0 aliphatic carbocycles. The number of aromatic nitrogens is 3. The number of nitrogen functional groups attached to an aromatic ring is 2. The molecule has 23 heavy (non-hydrogen) atoms. The van der Waals surface area contributed by atoms with Crippen molar-refractivity contribution in [2.45, 2.75) is 6.92 Å². The lowest BCUT2D eigenvalue weighted by molar-refractivity contribution is 1.25. The van der Waals surface area contributed by atoms with E-state index in [9.17, 15) is 0 Å². The van der Waals surface area contributed by atoms with Gasteiger partial charge >= 0.3 is 0 Å². The molecule has 0 saturated heterocycles. The minimum absolute atomic E-state index is 0.144. The van der Waals surface area contributed by atoms with E-state index in [1.165, 1.54) is 0 Å². The molecule has 0 fully saturated rings. The van der Waals surface area contributed by atoms with Gasteiger partial charge in [-0.15, -0.1) is 0 Å². The number of nitrogens with one attached hydrogen (secondary N) is 1. The zero-order valence-electron chi connectivity index (χ0n) is 12.8. The fraction of sp³-hybridized carbons (Fsp3) is 0.0588. The van der Waals surface area contributed by atoms with Crippen molar-refractivity contribution in [3.63, 3.8) is 0 Å². The number of allylic oxidation sites excluding steroid dienone is 4. The molecule has 1 aromatic carbocycles. The maximum Gasteiger partial charge on any atom is 0.222 e. The SMILES string of the molecule is C=C(/C=C(N)\C=C/C)c1cc2nc(N)nc(N)c2c2cc[nH]c12. The van der Waals surface area contributed by atoms with Gasteiger partial charge in [0.25, 0.3) is 0 Å². The van der Waals surface area contributed by atoms with Crippen LogP contribution in [0.1, 0.15) is 12.5 Å². The molecule has 7 N–H and O–H groups in total. The Kier molecular flexibility index (Phi) is 3.50.